The number of hydrogen-bond donors (Lipinski definition) is 1. The van der Waals surface area contributed by atoms with E-state index in [9.17, 15) is 18.8 Å². The van der Waals surface area contributed by atoms with Crippen LogP contribution in [-0.4, -0.2) is 66.0 Å². The molecule has 0 bridgehead atoms. The van der Waals surface area contributed by atoms with Crippen LogP contribution >= 0.6 is 11.8 Å². The van der Waals surface area contributed by atoms with E-state index in [1.807, 2.05) is 0 Å². The van der Waals surface area contributed by atoms with Crippen LogP contribution in [0.4, 0.5) is 4.39 Å². The molecule has 1 heterocycles. The summed E-state index contributed by atoms with van der Waals surface area (Å²) < 4.78 is 13.5. The van der Waals surface area contributed by atoms with Crippen LogP contribution in [0, 0.1) is 5.82 Å². The van der Waals surface area contributed by atoms with E-state index in [-0.39, 0.29) is 36.4 Å². The number of halogens is 1. The van der Waals surface area contributed by atoms with Crippen molar-refractivity contribution in [3.8, 4) is 0 Å². The first-order valence-electron chi connectivity index (χ1n) is 9.08. The molecular formula is C19H26FN3O3S. The van der Waals surface area contributed by atoms with E-state index < -0.39 is 0 Å². The third-order valence-electron chi connectivity index (χ3n) is 4.43. The number of amides is 3. The van der Waals surface area contributed by atoms with Crippen molar-refractivity contribution in [2.45, 2.75) is 25.5 Å². The van der Waals surface area contributed by atoms with Gasteiger partial charge in [-0.2, -0.15) is 11.8 Å². The largest absolute Gasteiger partial charge is 0.355 e. The van der Waals surface area contributed by atoms with Gasteiger partial charge in [0.2, 0.25) is 17.7 Å². The molecule has 0 radical (unpaired) electrons. The van der Waals surface area contributed by atoms with E-state index in [0.29, 0.717) is 49.8 Å². The molecule has 2 rings (SSSR count). The van der Waals surface area contributed by atoms with Crippen molar-refractivity contribution in [3.05, 3.63) is 35.6 Å². The summed E-state index contributed by atoms with van der Waals surface area (Å²) in [6.45, 7) is 4.15. The molecule has 1 fully saturated rings. The minimum atomic E-state index is -0.211. The minimum absolute atomic E-state index is 0.0225. The molecule has 3 amide bonds. The van der Waals surface area contributed by atoms with Crippen molar-refractivity contribution in [2.75, 3.05) is 38.5 Å². The van der Waals surface area contributed by atoms with Gasteiger partial charge in [-0.25, -0.2) is 4.39 Å². The van der Waals surface area contributed by atoms with Gasteiger partial charge in [0.25, 0.3) is 0 Å². The second-order valence-corrected chi connectivity index (χ2v) is 7.49. The van der Waals surface area contributed by atoms with E-state index in [1.54, 1.807) is 39.8 Å². The lowest BCUT2D eigenvalue weighted by Gasteiger charge is -2.34. The predicted octanol–water partition coefficient (Wildman–Crippen LogP) is 1.65. The Hall–Kier alpha value is -2.09. The van der Waals surface area contributed by atoms with Gasteiger partial charge >= 0.3 is 0 Å². The molecule has 1 aliphatic rings. The average Bonchev–Trinajstić information content (AvgIpc) is 2.67. The molecular weight excluding hydrogens is 369 g/mol. The molecule has 27 heavy (non-hydrogen) atoms. The Bertz CT molecular complexity index is 663. The fraction of sp³-hybridized carbons (Fsp3) is 0.526. The third kappa shape index (κ3) is 7.21. The summed E-state index contributed by atoms with van der Waals surface area (Å²) in [4.78, 5) is 38.7. The van der Waals surface area contributed by atoms with Gasteiger partial charge in [0.15, 0.2) is 0 Å². The zero-order valence-corrected chi connectivity index (χ0v) is 16.4. The van der Waals surface area contributed by atoms with Crippen LogP contribution in [0.2, 0.25) is 0 Å². The maximum atomic E-state index is 13.5. The summed E-state index contributed by atoms with van der Waals surface area (Å²) in [6.07, 6.45) is 0.331. The van der Waals surface area contributed by atoms with Crippen molar-refractivity contribution >= 4 is 29.5 Å². The first kappa shape index (κ1) is 21.2. The predicted molar refractivity (Wildman–Crippen MR) is 104 cm³/mol. The number of piperazine rings is 1. The molecule has 0 saturated carbocycles. The van der Waals surface area contributed by atoms with Gasteiger partial charge in [0.05, 0.1) is 0 Å². The summed E-state index contributed by atoms with van der Waals surface area (Å²) in [7, 11) is 0. The smallest absolute Gasteiger partial charge is 0.223 e. The Morgan fingerprint density at radius 2 is 1.74 bits per heavy atom. The van der Waals surface area contributed by atoms with E-state index >= 15 is 0 Å². The normalized spacial score (nSPS) is 14.1. The van der Waals surface area contributed by atoms with Crippen LogP contribution in [0.5, 0.6) is 0 Å². The van der Waals surface area contributed by atoms with Crippen LogP contribution in [-0.2, 0) is 20.1 Å². The molecule has 0 unspecified atom stereocenters. The molecule has 1 aliphatic heterocycles. The Morgan fingerprint density at radius 1 is 1.07 bits per heavy atom. The highest BCUT2D eigenvalue weighted by atomic mass is 32.2. The Labute approximate surface area is 163 Å². The third-order valence-corrected chi connectivity index (χ3v) is 5.44. The quantitative estimate of drug-likeness (QED) is 0.680. The Kier molecular flexibility index (Phi) is 8.57. The number of carbonyl (C=O) groups excluding carboxylic acids is 3. The molecule has 1 N–H and O–H groups in total. The molecule has 1 aromatic carbocycles. The number of hydrogen-bond acceptors (Lipinski definition) is 4. The van der Waals surface area contributed by atoms with E-state index in [2.05, 4.69) is 5.32 Å². The number of nitrogens with one attached hydrogen (secondary N) is 1. The van der Waals surface area contributed by atoms with Crippen molar-refractivity contribution in [1.82, 2.24) is 15.1 Å². The zero-order chi connectivity index (χ0) is 19.6. The number of benzene rings is 1. The van der Waals surface area contributed by atoms with Gasteiger partial charge in [-0.1, -0.05) is 18.2 Å². The fourth-order valence-corrected chi connectivity index (χ4v) is 3.64. The lowest BCUT2D eigenvalue weighted by Crippen LogP contribution is -2.50. The molecule has 0 atom stereocenters. The van der Waals surface area contributed by atoms with Crippen LogP contribution in [0.1, 0.15) is 25.3 Å². The number of nitrogens with zero attached hydrogens (tertiary/aromatic N) is 2. The molecule has 6 nitrogen and oxygen atoms in total. The number of rotatable bonds is 8. The van der Waals surface area contributed by atoms with Crippen LogP contribution in [0.15, 0.2) is 24.3 Å². The standard InChI is InChI=1S/C19H26FN3O3S/c1-15(24)22-9-11-23(12-10-22)19(26)7-6-18(25)21-8-13-27-14-16-4-2-3-5-17(16)20/h2-5H,6-14H2,1H3,(H,21,25). The summed E-state index contributed by atoms with van der Waals surface area (Å²) in [5, 5.41) is 2.79. The summed E-state index contributed by atoms with van der Waals surface area (Å²) in [6, 6.07) is 6.66. The zero-order valence-electron chi connectivity index (χ0n) is 15.6. The van der Waals surface area contributed by atoms with Crippen LogP contribution < -0.4 is 5.32 Å². The second-order valence-electron chi connectivity index (χ2n) is 6.38. The van der Waals surface area contributed by atoms with Crippen molar-refractivity contribution in [1.29, 1.82) is 0 Å². The molecule has 148 valence electrons. The van der Waals surface area contributed by atoms with Crippen molar-refractivity contribution in [2.24, 2.45) is 0 Å². The SMILES string of the molecule is CC(=O)N1CCN(C(=O)CCC(=O)NCCSCc2ccccc2F)CC1. The minimum Gasteiger partial charge on any atom is -0.355 e. The van der Waals surface area contributed by atoms with Crippen molar-refractivity contribution < 1.29 is 18.8 Å². The second kappa shape index (κ2) is 10.9. The molecule has 8 heteroatoms. The topological polar surface area (TPSA) is 69.7 Å². The van der Waals surface area contributed by atoms with Gasteiger partial charge in [-0.3, -0.25) is 14.4 Å². The summed E-state index contributed by atoms with van der Waals surface area (Å²) in [5.74, 6) is 0.847. The van der Waals surface area contributed by atoms with E-state index in [1.165, 1.54) is 13.0 Å². The average molecular weight is 396 g/mol. The monoisotopic (exact) mass is 395 g/mol. The van der Waals surface area contributed by atoms with E-state index in [4.69, 9.17) is 0 Å². The van der Waals surface area contributed by atoms with Gasteiger partial charge in [0, 0.05) is 64.0 Å². The highest BCUT2D eigenvalue weighted by Gasteiger charge is 2.22. The highest BCUT2D eigenvalue weighted by Crippen LogP contribution is 2.14. The Balaban J connectivity index is 1.55. The van der Waals surface area contributed by atoms with Crippen LogP contribution in [0.3, 0.4) is 0 Å². The number of carbonyl (C=O) groups is 3. The first-order valence-corrected chi connectivity index (χ1v) is 10.2. The van der Waals surface area contributed by atoms with Gasteiger partial charge < -0.3 is 15.1 Å². The molecule has 1 saturated heterocycles. The highest BCUT2D eigenvalue weighted by molar-refractivity contribution is 7.98. The van der Waals surface area contributed by atoms with Gasteiger partial charge in [0.1, 0.15) is 5.82 Å². The Morgan fingerprint density at radius 3 is 2.41 bits per heavy atom. The molecule has 1 aromatic rings. The summed E-state index contributed by atoms with van der Waals surface area (Å²) in [5.41, 5.74) is 0.657. The summed E-state index contributed by atoms with van der Waals surface area (Å²) >= 11 is 1.55. The molecule has 0 aliphatic carbocycles. The lowest BCUT2D eigenvalue weighted by atomic mass is 10.2. The van der Waals surface area contributed by atoms with Crippen molar-refractivity contribution in [3.63, 3.8) is 0 Å². The molecule has 0 spiro atoms. The maximum Gasteiger partial charge on any atom is 0.223 e. The van der Waals surface area contributed by atoms with Gasteiger partial charge in [-0.05, 0) is 11.6 Å². The maximum absolute atomic E-state index is 13.5. The van der Waals surface area contributed by atoms with Crippen LogP contribution in [0.25, 0.3) is 0 Å². The number of thioether (sulfide) groups is 1. The van der Waals surface area contributed by atoms with Gasteiger partial charge in [-0.15, -0.1) is 0 Å². The van der Waals surface area contributed by atoms with E-state index in [0.717, 1.165) is 0 Å². The fourth-order valence-electron chi connectivity index (χ4n) is 2.80. The first-order chi connectivity index (χ1) is 13.0. The lowest BCUT2D eigenvalue weighted by molar-refractivity contribution is -0.139. The molecule has 0 aromatic heterocycles.